The van der Waals surface area contributed by atoms with Crippen LogP contribution in [0.15, 0.2) is 0 Å². The van der Waals surface area contributed by atoms with Crippen LogP contribution in [0.5, 0.6) is 0 Å². The second kappa shape index (κ2) is 11.9. The summed E-state index contributed by atoms with van der Waals surface area (Å²) in [4.78, 5) is 2.07. The summed E-state index contributed by atoms with van der Waals surface area (Å²) in [5, 5.41) is 18.8. The fourth-order valence-corrected chi connectivity index (χ4v) is 1.73. The van der Waals surface area contributed by atoms with Crippen molar-refractivity contribution in [2.45, 2.75) is 38.9 Å². The zero-order chi connectivity index (χ0) is 13.8. The molecule has 18 heavy (non-hydrogen) atoms. The lowest BCUT2D eigenvalue weighted by Crippen LogP contribution is -2.38. The molecule has 0 bridgehead atoms. The van der Waals surface area contributed by atoms with Crippen LogP contribution in [0.1, 0.15) is 26.7 Å². The maximum atomic E-state index is 9.87. The van der Waals surface area contributed by atoms with Crippen LogP contribution in [0.2, 0.25) is 0 Å². The third-order valence-corrected chi connectivity index (χ3v) is 2.69. The number of nitrogens with zero attached hydrogens (tertiary/aromatic N) is 1. The Morgan fingerprint density at radius 1 is 1.22 bits per heavy atom. The molecule has 0 aliphatic rings. The molecule has 0 aliphatic carbocycles. The molecular formula is C13H29NO4. The first kappa shape index (κ1) is 17.8. The Labute approximate surface area is 111 Å². The number of hydrogen-bond donors (Lipinski definition) is 2. The molecular weight excluding hydrogens is 234 g/mol. The zero-order valence-corrected chi connectivity index (χ0v) is 12.0. The second-order valence-corrected chi connectivity index (χ2v) is 4.63. The summed E-state index contributed by atoms with van der Waals surface area (Å²) in [6.45, 7) is 7.05. The summed E-state index contributed by atoms with van der Waals surface area (Å²) in [6, 6.07) is 0. The van der Waals surface area contributed by atoms with E-state index in [2.05, 4.69) is 11.8 Å². The van der Waals surface area contributed by atoms with Crippen LogP contribution in [0, 0.1) is 0 Å². The van der Waals surface area contributed by atoms with Gasteiger partial charge in [-0.2, -0.15) is 0 Å². The minimum atomic E-state index is -0.521. The number of aliphatic hydroxyl groups is 2. The highest BCUT2D eigenvalue weighted by molar-refractivity contribution is 4.65. The predicted octanol–water partition coefficient (Wildman–Crippen LogP) is 0.493. The maximum absolute atomic E-state index is 9.87. The van der Waals surface area contributed by atoms with E-state index in [0.717, 1.165) is 19.4 Å². The van der Waals surface area contributed by atoms with Crippen LogP contribution in [0.25, 0.3) is 0 Å². The topological polar surface area (TPSA) is 62.2 Å². The molecule has 2 N–H and O–H groups in total. The van der Waals surface area contributed by atoms with Crippen molar-refractivity contribution >= 4 is 0 Å². The Kier molecular flexibility index (Phi) is 11.7. The van der Waals surface area contributed by atoms with Crippen molar-refractivity contribution in [1.29, 1.82) is 0 Å². The Hall–Kier alpha value is -0.200. The number of methoxy groups -OCH3 is 1. The highest BCUT2D eigenvalue weighted by Gasteiger charge is 2.12. The highest BCUT2D eigenvalue weighted by Crippen LogP contribution is 2.00. The lowest BCUT2D eigenvalue weighted by Gasteiger charge is -2.24. The van der Waals surface area contributed by atoms with Gasteiger partial charge in [-0.25, -0.2) is 0 Å². The van der Waals surface area contributed by atoms with Crippen LogP contribution >= 0.6 is 0 Å². The smallest absolute Gasteiger partial charge is 0.0900 e. The monoisotopic (exact) mass is 263 g/mol. The van der Waals surface area contributed by atoms with Gasteiger partial charge in [-0.3, -0.25) is 4.90 Å². The first-order chi connectivity index (χ1) is 8.63. The molecule has 0 aromatic heterocycles. The molecule has 2 unspecified atom stereocenters. The minimum absolute atomic E-state index is 0.00779. The van der Waals surface area contributed by atoms with Crippen molar-refractivity contribution in [2.24, 2.45) is 0 Å². The first-order valence-corrected chi connectivity index (χ1v) is 6.75. The number of hydrogen-bond acceptors (Lipinski definition) is 5. The average Bonchev–Trinajstić information content (AvgIpc) is 2.34. The summed E-state index contributed by atoms with van der Waals surface area (Å²) in [5.41, 5.74) is 0. The fraction of sp³-hybridized carbons (Fsp3) is 1.00. The number of ether oxygens (including phenoxy) is 2. The van der Waals surface area contributed by atoms with Crippen molar-refractivity contribution in [3.63, 3.8) is 0 Å². The Balaban J connectivity index is 3.81. The van der Waals surface area contributed by atoms with E-state index in [9.17, 15) is 5.11 Å². The highest BCUT2D eigenvalue weighted by atomic mass is 16.5. The van der Waals surface area contributed by atoms with Crippen molar-refractivity contribution in [2.75, 3.05) is 46.6 Å². The van der Waals surface area contributed by atoms with Gasteiger partial charge in [0.25, 0.3) is 0 Å². The van der Waals surface area contributed by atoms with Crippen molar-refractivity contribution in [3.8, 4) is 0 Å². The van der Waals surface area contributed by atoms with Gasteiger partial charge in [-0.1, -0.05) is 13.3 Å². The molecule has 0 aromatic rings. The normalized spacial score (nSPS) is 15.0. The predicted molar refractivity (Wildman–Crippen MR) is 71.7 cm³/mol. The molecule has 110 valence electrons. The zero-order valence-electron chi connectivity index (χ0n) is 12.0. The molecule has 0 amide bonds. The van der Waals surface area contributed by atoms with Crippen LogP contribution in [-0.4, -0.2) is 73.9 Å². The molecule has 0 saturated heterocycles. The minimum Gasteiger partial charge on any atom is -0.395 e. The van der Waals surface area contributed by atoms with E-state index in [1.807, 2.05) is 6.92 Å². The molecule has 5 nitrogen and oxygen atoms in total. The Morgan fingerprint density at radius 2 is 1.94 bits per heavy atom. The number of aliphatic hydroxyl groups excluding tert-OH is 2. The Bertz CT molecular complexity index is 180. The molecule has 0 heterocycles. The first-order valence-electron chi connectivity index (χ1n) is 6.75. The largest absolute Gasteiger partial charge is 0.395 e. The van der Waals surface area contributed by atoms with E-state index < -0.39 is 6.10 Å². The lowest BCUT2D eigenvalue weighted by atomic mass is 10.2. The average molecular weight is 263 g/mol. The van der Waals surface area contributed by atoms with Gasteiger partial charge < -0.3 is 19.7 Å². The van der Waals surface area contributed by atoms with Crippen molar-refractivity contribution in [3.05, 3.63) is 0 Å². The van der Waals surface area contributed by atoms with Crippen LogP contribution in [-0.2, 0) is 9.47 Å². The summed E-state index contributed by atoms with van der Waals surface area (Å²) >= 11 is 0. The third kappa shape index (κ3) is 9.79. The van der Waals surface area contributed by atoms with Gasteiger partial charge in [0.05, 0.1) is 32.0 Å². The van der Waals surface area contributed by atoms with Crippen LogP contribution < -0.4 is 0 Å². The molecule has 0 radical (unpaired) electrons. The van der Waals surface area contributed by atoms with Gasteiger partial charge in [0.15, 0.2) is 0 Å². The summed E-state index contributed by atoms with van der Waals surface area (Å²) in [6.07, 6.45) is 1.66. The summed E-state index contributed by atoms with van der Waals surface area (Å²) < 4.78 is 10.4. The van der Waals surface area contributed by atoms with Crippen LogP contribution in [0.3, 0.4) is 0 Å². The van der Waals surface area contributed by atoms with Crippen molar-refractivity contribution < 1.29 is 19.7 Å². The molecule has 0 fully saturated rings. The van der Waals surface area contributed by atoms with Gasteiger partial charge in [0.1, 0.15) is 0 Å². The maximum Gasteiger partial charge on any atom is 0.0900 e. The van der Waals surface area contributed by atoms with Crippen molar-refractivity contribution in [1.82, 2.24) is 4.90 Å². The van der Waals surface area contributed by atoms with Gasteiger partial charge in [-0.05, 0) is 19.9 Å². The molecule has 0 aliphatic heterocycles. The fourth-order valence-electron chi connectivity index (χ4n) is 1.73. The summed E-state index contributed by atoms with van der Waals surface area (Å²) in [7, 11) is 1.63. The number of unbranched alkanes of at least 4 members (excludes halogenated alkanes) is 1. The third-order valence-electron chi connectivity index (χ3n) is 2.69. The van der Waals surface area contributed by atoms with E-state index in [0.29, 0.717) is 26.3 Å². The van der Waals surface area contributed by atoms with E-state index in [-0.39, 0.29) is 12.7 Å². The SMILES string of the molecule is CCCCN(CCO)CC(O)COC(C)COC. The van der Waals surface area contributed by atoms with E-state index >= 15 is 0 Å². The molecule has 0 saturated carbocycles. The molecule has 0 spiro atoms. The Morgan fingerprint density at radius 3 is 2.50 bits per heavy atom. The quantitative estimate of drug-likeness (QED) is 0.537. The lowest BCUT2D eigenvalue weighted by molar-refractivity contribution is -0.0405. The molecule has 5 heteroatoms. The van der Waals surface area contributed by atoms with Gasteiger partial charge in [0, 0.05) is 20.2 Å². The standard InChI is InChI=1S/C13H29NO4/c1-4-5-6-14(7-8-15)9-13(16)11-18-12(2)10-17-3/h12-13,15-16H,4-11H2,1-3H3. The summed E-state index contributed by atoms with van der Waals surface area (Å²) in [5.74, 6) is 0. The van der Waals surface area contributed by atoms with E-state index in [1.54, 1.807) is 7.11 Å². The van der Waals surface area contributed by atoms with E-state index in [1.165, 1.54) is 0 Å². The van der Waals surface area contributed by atoms with E-state index in [4.69, 9.17) is 14.6 Å². The molecule has 0 rings (SSSR count). The number of rotatable bonds is 12. The second-order valence-electron chi connectivity index (χ2n) is 4.63. The van der Waals surface area contributed by atoms with Crippen LogP contribution in [0.4, 0.5) is 0 Å². The molecule has 2 atom stereocenters. The molecule has 0 aromatic carbocycles. The van der Waals surface area contributed by atoms with Gasteiger partial charge in [0.2, 0.25) is 0 Å². The van der Waals surface area contributed by atoms with Gasteiger partial charge >= 0.3 is 0 Å². The van der Waals surface area contributed by atoms with Gasteiger partial charge in [-0.15, -0.1) is 0 Å².